The lowest BCUT2D eigenvalue weighted by Gasteiger charge is -2.21. The maximum atomic E-state index is 12.2. The average Bonchev–Trinajstić information content (AvgIpc) is 2.15. The number of nitrogens with zero attached hydrogens (tertiary/aromatic N) is 1. The van der Waals surface area contributed by atoms with Crippen LogP contribution in [0, 0.1) is 0 Å². The zero-order chi connectivity index (χ0) is 10.8. The summed E-state index contributed by atoms with van der Waals surface area (Å²) in [7, 11) is 0.927. The minimum Gasteiger partial charge on any atom is -0.298 e. The first-order valence-corrected chi connectivity index (χ1v) is 3.81. The van der Waals surface area contributed by atoms with Gasteiger partial charge in [0, 0.05) is 18.3 Å². The molecule has 1 aromatic rings. The number of anilines is 1. The molecule has 1 rings (SSSR count). The van der Waals surface area contributed by atoms with Crippen molar-refractivity contribution >= 4 is 12.0 Å². The lowest BCUT2D eigenvalue weighted by molar-refractivity contribution is -0.125. The smallest absolute Gasteiger partial charge is 0.298 e. The van der Waals surface area contributed by atoms with Gasteiger partial charge in [-0.2, -0.15) is 13.2 Å². The number of rotatable bonds is 2. The molecule has 2 nitrogen and oxygen atoms in total. The molecule has 0 spiro atoms. The molecule has 0 bridgehead atoms. The highest BCUT2D eigenvalue weighted by Gasteiger charge is 2.34. The Kier molecular flexibility index (Phi) is 2.78. The van der Waals surface area contributed by atoms with E-state index in [1.807, 2.05) is 0 Å². The van der Waals surface area contributed by atoms with Crippen molar-refractivity contribution in [3.63, 3.8) is 0 Å². The number of carbonyl (C=O) groups excluding carboxylic acids is 1. The van der Waals surface area contributed by atoms with Gasteiger partial charge in [-0.3, -0.25) is 9.69 Å². The van der Waals surface area contributed by atoms with Crippen molar-refractivity contribution in [2.24, 2.45) is 0 Å². The fraction of sp³-hybridized carbons (Fsp3) is 0.222. The molecule has 0 aliphatic heterocycles. The summed E-state index contributed by atoms with van der Waals surface area (Å²) in [4.78, 5) is 10.4. The van der Waals surface area contributed by atoms with Gasteiger partial charge in [0.05, 0.1) is 0 Å². The fourth-order valence-corrected chi connectivity index (χ4v) is 0.923. The molecule has 0 saturated carbocycles. The lowest BCUT2D eigenvalue weighted by atomic mass is 10.2. The van der Waals surface area contributed by atoms with E-state index in [9.17, 15) is 18.0 Å². The van der Waals surface area contributed by atoms with Gasteiger partial charge >= 0.3 is 6.30 Å². The van der Waals surface area contributed by atoms with Crippen LogP contribution in [0.4, 0.5) is 18.9 Å². The van der Waals surface area contributed by atoms with Gasteiger partial charge in [-0.05, 0) is 24.3 Å². The summed E-state index contributed by atoms with van der Waals surface area (Å²) in [6, 6.07) is 5.17. The summed E-state index contributed by atoms with van der Waals surface area (Å²) in [5.41, 5.74) is 0.354. The zero-order valence-corrected chi connectivity index (χ0v) is 7.38. The maximum absolute atomic E-state index is 12.2. The SMILES string of the molecule is CN(c1ccc(C=O)cc1)C(F)(F)F. The largest absolute Gasteiger partial charge is 0.484 e. The van der Waals surface area contributed by atoms with Crippen LogP contribution in [0.5, 0.6) is 0 Å². The molecule has 5 heteroatoms. The molecule has 0 unspecified atom stereocenters. The van der Waals surface area contributed by atoms with E-state index in [1.165, 1.54) is 24.3 Å². The Balaban J connectivity index is 2.92. The van der Waals surface area contributed by atoms with Crippen LogP contribution in [-0.4, -0.2) is 19.6 Å². The molecular formula is C9H8F3NO. The normalized spacial score (nSPS) is 11.1. The molecule has 0 aliphatic rings. The van der Waals surface area contributed by atoms with Crippen molar-refractivity contribution in [1.82, 2.24) is 0 Å². The van der Waals surface area contributed by atoms with Gasteiger partial charge < -0.3 is 0 Å². The molecule has 14 heavy (non-hydrogen) atoms. The third-order valence-corrected chi connectivity index (χ3v) is 1.80. The van der Waals surface area contributed by atoms with Crippen LogP contribution >= 0.6 is 0 Å². The van der Waals surface area contributed by atoms with Crippen LogP contribution < -0.4 is 4.90 Å². The Morgan fingerprint density at radius 1 is 1.21 bits per heavy atom. The van der Waals surface area contributed by atoms with Crippen molar-refractivity contribution in [1.29, 1.82) is 0 Å². The van der Waals surface area contributed by atoms with Crippen LogP contribution in [0.15, 0.2) is 24.3 Å². The third-order valence-electron chi connectivity index (χ3n) is 1.80. The average molecular weight is 203 g/mol. The Morgan fingerprint density at radius 3 is 2.07 bits per heavy atom. The van der Waals surface area contributed by atoms with E-state index in [0.717, 1.165) is 7.05 Å². The first-order valence-electron chi connectivity index (χ1n) is 3.81. The van der Waals surface area contributed by atoms with E-state index in [4.69, 9.17) is 0 Å². The van der Waals surface area contributed by atoms with E-state index in [0.29, 0.717) is 11.8 Å². The van der Waals surface area contributed by atoms with Crippen molar-refractivity contribution < 1.29 is 18.0 Å². The van der Waals surface area contributed by atoms with Gasteiger partial charge in [0.15, 0.2) is 0 Å². The number of alkyl halides is 3. The second kappa shape index (κ2) is 3.69. The van der Waals surface area contributed by atoms with Gasteiger partial charge in [0.25, 0.3) is 0 Å². The van der Waals surface area contributed by atoms with Crippen LogP contribution in [-0.2, 0) is 0 Å². The van der Waals surface area contributed by atoms with Crippen molar-refractivity contribution in [2.75, 3.05) is 11.9 Å². The summed E-state index contributed by atoms with van der Waals surface area (Å²) in [5, 5.41) is 0. The van der Waals surface area contributed by atoms with Gasteiger partial charge in [0.2, 0.25) is 0 Å². The quantitative estimate of drug-likeness (QED) is 0.543. The van der Waals surface area contributed by atoms with E-state index >= 15 is 0 Å². The fourth-order valence-electron chi connectivity index (χ4n) is 0.923. The van der Waals surface area contributed by atoms with Gasteiger partial charge in [-0.15, -0.1) is 0 Å². The Morgan fingerprint density at radius 2 is 1.71 bits per heavy atom. The Hall–Kier alpha value is -1.52. The minimum atomic E-state index is -4.40. The number of hydrogen-bond acceptors (Lipinski definition) is 2. The third kappa shape index (κ3) is 2.25. The monoisotopic (exact) mass is 203 g/mol. The molecule has 0 amide bonds. The molecule has 0 saturated heterocycles. The molecule has 0 heterocycles. The first-order chi connectivity index (χ1) is 6.45. The predicted octanol–water partition coefficient (Wildman–Crippen LogP) is 2.46. The van der Waals surface area contributed by atoms with Crippen LogP contribution in [0.1, 0.15) is 10.4 Å². The highest BCUT2D eigenvalue weighted by molar-refractivity contribution is 5.75. The van der Waals surface area contributed by atoms with Crippen molar-refractivity contribution in [3.8, 4) is 0 Å². The molecule has 76 valence electrons. The molecule has 0 aliphatic carbocycles. The topological polar surface area (TPSA) is 20.3 Å². The number of halogens is 3. The van der Waals surface area contributed by atoms with E-state index in [1.54, 1.807) is 0 Å². The number of hydrogen-bond donors (Lipinski definition) is 0. The minimum absolute atomic E-state index is 0.00287. The lowest BCUT2D eigenvalue weighted by Crippen LogP contribution is -2.33. The van der Waals surface area contributed by atoms with E-state index in [2.05, 4.69) is 0 Å². The molecular weight excluding hydrogens is 195 g/mol. The van der Waals surface area contributed by atoms with Crippen LogP contribution in [0.2, 0.25) is 0 Å². The summed E-state index contributed by atoms with van der Waals surface area (Å²) in [5.74, 6) is 0. The van der Waals surface area contributed by atoms with E-state index in [-0.39, 0.29) is 10.6 Å². The Bertz CT molecular complexity index is 318. The highest BCUT2D eigenvalue weighted by Crippen LogP contribution is 2.26. The Labute approximate surface area is 78.9 Å². The summed E-state index contributed by atoms with van der Waals surface area (Å²) < 4.78 is 36.5. The number of carbonyl (C=O) groups is 1. The van der Waals surface area contributed by atoms with Gasteiger partial charge in [0.1, 0.15) is 6.29 Å². The zero-order valence-electron chi connectivity index (χ0n) is 7.38. The maximum Gasteiger partial charge on any atom is 0.484 e. The molecule has 0 aromatic heterocycles. The summed E-state index contributed by atoms with van der Waals surface area (Å²) in [6.45, 7) is 0. The van der Waals surface area contributed by atoms with Gasteiger partial charge in [-0.1, -0.05) is 0 Å². The molecule has 0 atom stereocenters. The molecule has 0 radical (unpaired) electrons. The van der Waals surface area contributed by atoms with Crippen LogP contribution in [0.3, 0.4) is 0 Å². The highest BCUT2D eigenvalue weighted by atomic mass is 19.4. The molecule has 0 fully saturated rings. The van der Waals surface area contributed by atoms with E-state index < -0.39 is 6.30 Å². The first kappa shape index (κ1) is 10.6. The second-order valence-corrected chi connectivity index (χ2v) is 2.74. The summed E-state index contributed by atoms with van der Waals surface area (Å²) >= 11 is 0. The molecule has 0 N–H and O–H groups in total. The number of benzene rings is 1. The van der Waals surface area contributed by atoms with Crippen molar-refractivity contribution in [3.05, 3.63) is 29.8 Å². The summed E-state index contributed by atoms with van der Waals surface area (Å²) in [6.07, 6.45) is -3.82. The van der Waals surface area contributed by atoms with Crippen LogP contribution in [0.25, 0.3) is 0 Å². The standard InChI is InChI=1S/C9H8F3NO/c1-13(9(10,11)12)8-4-2-7(6-14)3-5-8/h2-6H,1H3. The number of aldehydes is 1. The van der Waals surface area contributed by atoms with Crippen molar-refractivity contribution in [2.45, 2.75) is 6.30 Å². The molecule has 1 aromatic carbocycles. The predicted molar refractivity (Wildman–Crippen MR) is 46.3 cm³/mol. The second-order valence-electron chi connectivity index (χ2n) is 2.74. The van der Waals surface area contributed by atoms with Gasteiger partial charge in [-0.25, -0.2) is 0 Å².